The topological polar surface area (TPSA) is 55.8 Å². The average molecular weight is 358 g/mol. The third kappa shape index (κ3) is 5.17. The minimum absolute atomic E-state index is 0.0973. The lowest BCUT2D eigenvalue weighted by molar-refractivity contribution is -0.138. The highest BCUT2D eigenvalue weighted by Crippen LogP contribution is 2.30. The highest BCUT2D eigenvalue weighted by molar-refractivity contribution is 5.86. The van der Waals surface area contributed by atoms with Crippen LogP contribution < -0.4 is 4.74 Å². The zero-order chi connectivity index (χ0) is 19.1. The van der Waals surface area contributed by atoms with Crippen molar-refractivity contribution in [3.63, 3.8) is 0 Å². The van der Waals surface area contributed by atoms with Gasteiger partial charge in [-0.3, -0.25) is 0 Å². The second kappa shape index (κ2) is 9.15. The van der Waals surface area contributed by atoms with Crippen LogP contribution in [0.5, 0.6) is 5.75 Å². The molecule has 0 unspecified atom stereocenters. The maximum absolute atomic E-state index is 14.4. The number of rotatable bonds is 8. The number of ether oxygens (including phenoxy) is 2. The number of aryl methyl sites for hydroxylation is 1. The van der Waals surface area contributed by atoms with E-state index >= 15 is 0 Å². The molecular formula is C21H23FO4. The van der Waals surface area contributed by atoms with Gasteiger partial charge in [0, 0.05) is 17.6 Å². The van der Waals surface area contributed by atoms with Crippen molar-refractivity contribution in [3.8, 4) is 16.9 Å². The first-order valence-corrected chi connectivity index (χ1v) is 8.38. The fraction of sp³-hybridized carbons (Fsp3) is 0.286. The molecule has 0 saturated heterocycles. The van der Waals surface area contributed by atoms with Gasteiger partial charge in [-0.1, -0.05) is 24.8 Å². The standard InChI is InChI=1S/C21H23FO4/c1-14(2)21(24)26-10-8-16-13-17(25-11-9-23)5-7-18(16)19-6-4-15(3)12-20(19)22/h4-7,12-13,23H,1,8-11H2,2-3H3. The molecule has 0 radical (unpaired) electrons. The van der Waals surface area contributed by atoms with E-state index in [0.29, 0.717) is 28.9 Å². The van der Waals surface area contributed by atoms with E-state index in [4.69, 9.17) is 14.6 Å². The lowest BCUT2D eigenvalue weighted by atomic mass is 9.96. The summed E-state index contributed by atoms with van der Waals surface area (Å²) < 4.78 is 25.0. The fourth-order valence-corrected chi connectivity index (χ4v) is 2.51. The largest absolute Gasteiger partial charge is 0.491 e. The number of esters is 1. The molecule has 26 heavy (non-hydrogen) atoms. The summed E-state index contributed by atoms with van der Waals surface area (Å²) in [6.45, 7) is 7.18. The predicted molar refractivity (Wildman–Crippen MR) is 98.6 cm³/mol. The molecule has 0 amide bonds. The highest BCUT2D eigenvalue weighted by atomic mass is 19.1. The number of hydrogen-bond acceptors (Lipinski definition) is 4. The Bertz CT molecular complexity index is 799. The Morgan fingerprint density at radius 1 is 1.15 bits per heavy atom. The van der Waals surface area contributed by atoms with E-state index in [1.54, 1.807) is 31.2 Å². The Morgan fingerprint density at radius 3 is 2.54 bits per heavy atom. The Labute approximate surface area is 152 Å². The molecule has 0 aliphatic carbocycles. The highest BCUT2D eigenvalue weighted by Gasteiger charge is 2.13. The van der Waals surface area contributed by atoms with Gasteiger partial charge in [0.25, 0.3) is 0 Å². The van der Waals surface area contributed by atoms with E-state index in [1.807, 2.05) is 13.0 Å². The normalized spacial score (nSPS) is 10.5. The zero-order valence-electron chi connectivity index (χ0n) is 15.0. The van der Waals surface area contributed by atoms with Crippen LogP contribution >= 0.6 is 0 Å². The number of halogens is 1. The molecule has 2 aromatic carbocycles. The molecule has 0 aliphatic rings. The van der Waals surface area contributed by atoms with Gasteiger partial charge in [0.15, 0.2) is 0 Å². The summed E-state index contributed by atoms with van der Waals surface area (Å²) in [6, 6.07) is 10.3. The second-order valence-corrected chi connectivity index (χ2v) is 6.04. The molecule has 1 N–H and O–H groups in total. The summed E-state index contributed by atoms with van der Waals surface area (Å²) in [6.07, 6.45) is 0.401. The first-order chi connectivity index (χ1) is 12.4. The van der Waals surface area contributed by atoms with Gasteiger partial charge in [-0.2, -0.15) is 0 Å². The molecule has 5 heteroatoms. The van der Waals surface area contributed by atoms with Gasteiger partial charge < -0.3 is 14.6 Å². The van der Waals surface area contributed by atoms with Crippen LogP contribution in [-0.2, 0) is 16.0 Å². The summed E-state index contributed by atoms with van der Waals surface area (Å²) in [5, 5.41) is 8.91. The Morgan fingerprint density at radius 2 is 1.88 bits per heavy atom. The number of aliphatic hydroxyl groups excluding tert-OH is 1. The summed E-state index contributed by atoms with van der Waals surface area (Å²) in [4.78, 5) is 11.6. The first-order valence-electron chi connectivity index (χ1n) is 8.38. The van der Waals surface area contributed by atoms with Gasteiger partial charge in [-0.25, -0.2) is 9.18 Å². The second-order valence-electron chi connectivity index (χ2n) is 6.04. The molecule has 0 aromatic heterocycles. The van der Waals surface area contributed by atoms with Crippen molar-refractivity contribution in [3.05, 3.63) is 65.5 Å². The summed E-state index contributed by atoms with van der Waals surface area (Å²) in [7, 11) is 0. The maximum atomic E-state index is 14.4. The average Bonchev–Trinajstić information content (AvgIpc) is 2.60. The Balaban J connectivity index is 2.30. The quantitative estimate of drug-likeness (QED) is 0.575. The molecule has 0 heterocycles. The number of carbonyl (C=O) groups is 1. The van der Waals surface area contributed by atoms with Gasteiger partial charge in [-0.05, 0) is 48.7 Å². The van der Waals surface area contributed by atoms with Crippen molar-refractivity contribution < 1.29 is 23.8 Å². The monoisotopic (exact) mass is 358 g/mol. The number of carbonyl (C=O) groups excluding carboxylic acids is 1. The summed E-state index contributed by atoms with van der Waals surface area (Å²) in [5.74, 6) is -0.202. The van der Waals surface area contributed by atoms with Gasteiger partial charge in [0.05, 0.1) is 13.2 Å². The van der Waals surface area contributed by atoms with Crippen molar-refractivity contribution in [1.82, 2.24) is 0 Å². The van der Waals surface area contributed by atoms with Crippen LogP contribution in [0.1, 0.15) is 18.1 Å². The van der Waals surface area contributed by atoms with E-state index in [-0.39, 0.29) is 25.6 Å². The SMILES string of the molecule is C=C(C)C(=O)OCCc1cc(OCCO)ccc1-c1ccc(C)cc1F. The van der Waals surface area contributed by atoms with Crippen molar-refractivity contribution >= 4 is 5.97 Å². The molecule has 0 fully saturated rings. The van der Waals surface area contributed by atoms with Crippen molar-refractivity contribution in [2.75, 3.05) is 19.8 Å². The minimum Gasteiger partial charge on any atom is -0.491 e. The van der Waals surface area contributed by atoms with Crippen molar-refractivity contribution in [1.29, 1.82) is 0 Å². The van der Waals surface area contributed by atoms with E-state index in [2.05, 4.69) is 6.58 Å². The lowest BCUT2D eigenvalue weighted by Gasteiger charge is -2.14. The third-order valence-electron chi connectivity index (χ3n) is 3.80. The van der Waals surface area contributed by atoms with Crippen molar-refractivity contribution in [2.24, 2.45) is 0 Å². The first kappa shape index (κ1) is 19.7. The van der Waals surface area contributed by atoms with Crippen molar-refractivity contribution in [2.45, 2.75) is 20.3 Å². The molecular weight excluding hydrogens is 335 g/mol. The third-order valence-corrected chi connectivity index (χ3v) is 3.80. The lowest BCUT2D eigenvalue weighted by Crippen LogP contribution is -2.09. The Hall–Kier alpha value is -2.66. The smallest absolute Gasteiger partial charge is 0.333 e. The summed E-state index contributed by atoms with van der Waals surface area (Å²) in [5.41, 5.74) is 3.15. The predicted octanol–water partition coefficient (Wildman–Crippen LogP) is 3.83. The molecule has 4 nitrogen and oxygen atoms in total. The van der Waals surface area contributed by atoms with Crippen LogP contribution in [0.3, 0.4) is 0 Å². The van der Waals surface area contributed by atoms with Crippen LogP contribution in [-0.4, -0.2) is 30.9 Å². The van der Waals surface area contributed by atoms with Crippen LogP contribution in [0.15, 0.2) is 48.6 Å². The Kier molecular flexibility index (Phi) is 6.92. The molecule has 0 bridgehead atoms. The number of benzene rings is 2. The van der Waals surface area contributed by atoms with Crippen LogP contribution in [0, 0.1) is 12.7 Å². The number of aliphatic hydroxyl groups is 1. The van der Waals surface area contributed by atoms with Gasteiger partial charge in [-0.15, -0.1) is 0 Å². The summed E-state index contributed by atoms with van der Waals surface area (Å²) >= 11 is 0. The molecule has 2 aromatic rings. The van der Waals surface area contributed by atoms with Gasteiger partial charge in [0.1, 0.15) is 18.2 Å². The number of hydrogen-bond donors (Lipinski definition) is 1. The molecule has 0 aliphatic heterocycles. The van der Waals surface area contributed by atoms with Crippen LogP contribution in [0.4, 0.5) is 4.39 Å². The molecule has 0 saturated carbocycles. The van der Waals surface area contributed by atoms with Gasteiger partial charge >= 0.3 is 5.97 Å². The minimum atomic E-state index is -0.458. The molecule has 2 rings (SSSR count). The van der Waals surface area contributed by atoms with E-state index in [9.17, 15) is 9.18 Å². The van der Waals surface area contributed by atoms with E-state index in [1.165, 1.54) is 6.07 Å². The molecule has 138 valence electrons. The zero-order valence-corrected chi connectivity index (χ0v) is 15.0. The van der Waals surface area contributed by atoms with E-state index in [0.717, 1.165) is 11.1 Å². The van der Waals surface area contributed by atoms with Crippen LogP contribution in [0.2, 0.25) is 0 Å². The fourth-order valence-electron chi connectivity index (χ4n) is 2.51. The molecule has 0 spiro atoms. The van der Waals surface area contributed by atoms with Crippen LogP contribution in [0.25, 0.3) is 11.1 Å². The molecule has 0 atom stereocenters. The maximum Gasteiger partial charge on any atom is 0.333 e. The van der Waals surface area contributed by atoms with E-state index < -0.39 is 5.97 Å². The van der Waals surface area contributed by atoms with Gasteiger partial charge in [0.2, 0.25) is 0 Å².